The Morgan fingerprint density at radius 2 is 1.60 bits per heavy atom. The summed E-state index contributed by atoms with van der Waals surface area (Å²) in [6, 6.07) is 7.48. The van der Waals surface area contributed by atoms with Gasteiger partial charge in [-0.3, -0.25) is 0 Å². The van der Waals surface area contributed by atoms with Gasteiger partial charge in [-0.25, -0.2) is 0 Å². The van der Waals surface area contributed by atoms with Gasteiger partial charge in [0.05, 0.1) is 11.6 Å². The summed E-state index contributed by atoms with van der Waals surface area (Å²) in [6.07, 6.45) is 0. The van der Waals surface area contributed by atoms with Crippen LogP contribution in [0.4, 0.5) is 0 Å². The van der Waals surface area contributed by atoms with E-state index in [4.69, 9.17) is 5.26 Å². The summed E-state index contributed by atoms with van der Waals surface area (Å²) in [6.45, 7) is 0. The Bertz CT molecular complexity index is 268. The number of nitriles is 1. The molecule has 0 aromatic heterocycles. The number of halogens is 2. The normalized spacial score (nSPS) is 8.90. The largest absolute Gasteiger partial charge is 0.192 e. The molecule has 0 atom stereocenters. The van der Waals surface area contributed by atoms with E-state index in [1.54, 1.807) is 12.1 Å². The van der Waals surface area contributed by atoms with Crippen LogP contribution >= 0.6 is 31.9 Å². The van der Waals surface area contributed by atoms with E-state index >= 15 is 0 Å². The topological polar surface area (TPSA) is 23.8 Å². The van der Waals surface area contributed by atoms with E-state index in [-0.39, 0.29) is 0 Å². The van der Waals surface area contributed by atoms with E-state index in [2.05, 4.69) is 31.9 Å². The minimum absolute atomic E-state index is 0.654. The molecular weight excluding hydrogens is 258 g/mol. The maximum absolute atomic E-state index is 8.49. The fourth-order valence-corrected chi connectivity index (χ4v) is 1.91. The second kappa shape index (κ2) is 3.18. The Kier molecular flexibility index (Phi) is 2.47. The van der Waals surface area contributed by atoms with Gasteiger partial charge < -0.3 is 0 Å². The lowest BCUT2D eigenvalue weighted by Crippen LogP contribution is -1.73. The van der Waals surface area contributed by atoms with Crippen LogP contribution in [0, 0.1) is 11.3 Å². The molecule has 1 nitrogen and oxygen atoms in total. The van der Waals surface area contributed by atoms with Gasteiger partial charge in [-0.1, -0.05) is 31.9 Å². The van der Waals surface area contributed by atoms with E-state index in [0.29, 0.717) is 5.56 Å². The summed E-state index contributed by atoms with van der Waals surface area (Å²) in [4.78, 5) is 0. The average Bonchev–Trinajstić information content (AvgIpc) is 1.85. The monoisotopic (exact) mass is 259 g/mol. The second-order valence-electron chi connectivity index (χ2n) is 1.77. The summed E-state index contributed by atoms with van der Waals surface area (Å²) >= 11 is 6.55. The lowest BCUT2D eigenvalue weighted by Gasteiger charge is -1.92. The molecule has 50 valence electrons. The molecule has 3 heteroatoms. The first kappa shape index (κ1) is 7.77. The molecule has 0 amide bonds. The van der Waals surface area contributed by atoms with Crippen LogP contribution in [0.3, 0.4) is 0 Å². The lowest BCUT2D eigenvalue weighted by atomic mass is 10.2. The third-order valence-electron chi connectivity index (χ3n) is 0.992. The molecule has 0 saturated carbocycles. The zero-order valence-corrected chi connectivity index (χ0v) is 8.11. The highest BCUT2D eigenvalue weighted by Gasteiger charge is 1.94. The molecule has 0 radical (unpaired) electrons. The molecule has 10 heavy (non-hydrogen) atoms. The van der Waals surface area contributed by atoms with E-state index in [1.165, 1.54) is 0 Å². The van der Waals surface area contributed by atoms with E-state index < -0.39 is 0 Å². The molecule has 0 aliphatic heterocycles. The third-order valence-corrected chi connectivity index (χ3v) is 1.91. The summed E-state index contributed by atoms with van der Waals surface area (Å²) < 4.78 is 1.83. The fraction of sp³-hybridized carbons (Fsp3) is 0. The van der Waals surface area contributed by atoms with Gasteiger partial charge >= 0.3 is 0 Å². The summed E-state index contributed by atoms with van der Waals surface area (Å²) in [5, 5.41) is 8.49. The zero-order valence-electron chi connectivity index (χ0n) is 4.94. The molecule has 0 saturated heterocycles. The van der Waals surface area contributed by atoms with Gasteiger partial charge in [-0.15, -0.1) is 0 Å². The number of hydrogen-bond donors (Lipinski definition) is 0. The number of hydrogen-bond acceptors (Lipinski definition) is 1. The van der Waals surface area contributed by atoms with Crippen LogP contribution in [0.5, 0.6) is 0 Å². The first-order valence-electron chi connectivity index (χ1n) is 2.58. The van der Waals surface area contributed by atoms with Crippen molar-refractivity contribution in [1.29, 1.82) is 5.26 Å². The van der Waals surface area contributed by atoms with Crippen molar-refractivity contribution in [3.63, 3.8) is 0 Å². The van der Waals surface area contributed by atoms with Gasteiger partial charge in [0.2, 0.25) is 0 Å². The molecule has 0 aliphatic carbocycles. The second-order valence-corrected chi connectivity index (χ2v) is 3.60. The molecule has 0 fully saturated rings. The average molecular weight is 261 g/mol. The predicted octanol–water partition coefficient (Wildman–Crippen LogP) is 3.08. The summed E-state index contributed by atoms with van der Waals surface area (Å²) in [7, 11) is 0. The first-order valence-corrected chi connectivity index (χ1v) is 4.17. The summed E-state index contributed by atoms with van der Waals surface area (Å²) in [5.41, 5.74) is 0.654. The zero-order chi connectivity index (χ0) is 7.56. The highest BCUT2D eigenvalue weighted by molar-refractivity contribution is 9.11. The molecule has 0 N–H and O–H groups in total. The Hall–Kier alpha value is -0.330. The fourth-order valence-electron chi connectivity index (χ4n) is 0.618. The van der Waals surface area contributed by atoms with Crippen LogP contribution in [-0.4, -0.2) is 0 Å². The predicted molar refractivity (Wildman–Crippen MR) is 46.6 cm³/mol. The minimum atomic E-state index is 0.654. The van der Waals surface area contributed by atoms with Gasteiger partial charge in [0, 0.05) is 8.95 Å². The molecule has 1 aromatic carbocycles. The van der Waals surface area contributed by atoms with E-state index in [1.807, 2.05) is 12.1 Å². The Balaban J connectivity index is 3.22. The lowest BCUT2D eigenvalue weighted by molar-refractivity contribution is 1.46. The van der Waals surface area contributed by atoms with Crippen LogP contribution in [0.15, 0.2) is 27.1 Å². The van der Waals surface area contributed by atoms with Crippen molar-refractivity contribution < 1.29 is 0 Å². The molecule has 0 spiro atoms. The molecule has 1 aromatic rings. The quantitative estimate of drug-likeness (QED) is 0.703. The highest BCUT2D eigenvalue weighted by Crippen LogP contribution is 2.19. The summed E-state index contributed by atoms with van der Waals surface area (Å²) in [5.74, 6) is 0. The van der Waals surface area contributed by atoms with Crippen LogP contribution in [0.2, 0.25) is 0 Å². The molecular formula is C7H3Br2N. The Morgan fingerprint density at radius 3 is 2.00 bits per heavy atom. The van der Waals surface area contributed by atoms with Gasteiger partial charge in [-0.2, -0.15) is 5.26 Å². The molecule has 0 aliphatic rings. The standard InChI is InChI=1S/C7H3Br2N/c8-6-1-5(4-10)2-7(9)3-6/h1-3H. The van der Waals surface area contributed by atoms with Gasteiger partial charge in [0.1, 0.15) is 0 Å². The van der Waals surface area contributed by atoms with Crippen LogP contribution < -0.4 is 0 Å². The third kappa shape index (κ3) is 1.83. The smallest absolute Gasteiger partial charge is 0.0992 e. The maximum atomic E-state index is 8.49. The maximum Gasteiger partial charge on any atom is 0.0992 e. The highest BCUT2D eigenvalue weighted by atomic mass is 79.9. The van der Waals surface area contributed by atoms with E-state index in [9.17, 15) is 0 Å². The Labute approximate surface area is 75.9 Å². The number of nitrogens with zero attached hydrogens (tertiary/aromatic N) is 1. The molecule has 0 bridgehead atoms. The molecule has 0 unspecified atom stereocenters. The van der Waals surface area contributed by atoms with Crippen molar-refractivity contribution in [1.82, 2.24) is 0 Å². The van der Waals surface area contributed by atoms with Crippen molar-refractivity contribution in [2.24, 2.45) is 0 Å². The van der Waals surface area contributed by atoms with Gasteiger partial charge in [0.25, 0.3) is 0 Å². The van der Waals surface area contributed by atoms with Crippen molar-refractivity contribution in [2.45, 2.75) is 0 Å². The van der Waals surface area contributed by atoms with Crippen molar-refractivity contribution in [3.8, 4) is 6.07 Å². The SMILES string of the molecule is N#Cc1cc(Br)cc(Br)c1. The number of benzene rings is 1. The van der Waals surface area contributed by atoms with Crippen molar-refractivity contribution in [2.75, 3.05) is 0 Å². The molecule has 1 rings (SSSR count). The van der Waals surface area contributed by atoms with Crippen LogP contribution in [-0.2, 0) is 0 Å². The molecule has 0 heterocycles. The number of rotatable bonds is 0. The first-order chi connectivity index (χ1) is 4.72. The van der Waals surface area contributed by atoms with Crippen LogP contribution in [0.25, 0.3) is 0 Å². The Morgan fingerprint density at radius 1 is 1.10 bits per heavy atom. The van der Waals surface area contributed by atoms with Gasteiger partial charge in [-0.05, 0) is 18.2 Å². The van der Waals surface area contributed by atoms with E-state index in [0.717, 1.165) is 8.95 Å². The van der Waals surface area contributed by atoms with Crippen molar-refractivity contribution in [3.05, 3.63) is 32.7 Å². The van der Waals surface area contributed by atoms with Gasteiger partial charge in [0.15, 0.2) is 0 Å². The van der Waals surface area contributed by atoms with Crippen LogP contribution in [0.1, 0.15) is 5.56 Å². The minimum Gasteiger partial charge on any atom is -0.192 e. The van der Waals surface area contributed by atoms with Crippen molar-refractivity contribution >= 4 is 31.9 Å².